The number of fused-ring (bicyclic) bond motifs is 1. The molecule has 0 aliphatic rings. The van der Waals surface area contributed by atoms with Crippen LogP contribution in [0.5, 0.6) is 5.75 Å². The lowest BCUT2D eigenvalue weighted by Gasteiger charge is -2.21. The lowest BCUT2D eigenvalue weighted by molar-refractivity contribution is 0.0758. The highest BCUT2D eigenvalue weighted by Crippen LogP contribution is 2.38. The maximum atomic E-state index is 13.1. The second kappa shape index (κ2) is 8.03. The van der Waals surface area contributed by atoms with Gasteiger partial charge in [0.2, 0.25) is 0 Å². The van der Waals surface area contributed by atoms with Crippen molar-refractivity contribution in [2.75, 3.05) is 7.11 Å². The van der Waals surface area contributed by atoms with Gasteiger partial charge in [0.15, 0.2) is 0 Å². The van der Waals surface area contributed by atoms with Crippen LogP contribution in [0.25, 0.3) is 33.4 Å². The number of ether oxygens (including phenoxy) is 1. The number of rotatable bonds is 6. The number of nitrogens with zero attached hydrogens (tertiary/aromatic N) is 4. The summed E-state index contributed by atoms with van der Waals surface area (Å²) in [6.45, 7) is 2.80. The van der Waals surface area contributed by atoms with Crippen LogP contribution >= 0.6 is 0 Å². The molecule has 0 saturated carbocycles. The summed E-state index contributed by atoms with van der Waals surface area (Å²) in [6.07, 6.45) is 0.453. The number of halogens is 2. The Bertz CT molecular complexity index is 1220. The summed E-state index contributed by atoms with van der Waals surface area (Å²) >= 11 is 0. The van der Waals surface area contributed by atoms with Crippen LogP contribution in [-0.4, -0.2) is 38.4 Å². The van der Waals surface area contributed by atoms with E-state index in [1.807, 2.05) is 30.3 Å². The minimum absolute atomic E-state index is 0.501. The molecule has 0 aliphatic heterocycles. The highest BCUT2D eigenvalue weighted by atomic mass is 19.3. The predicted molar refractivity (Wildman–Crippen MR) is 114 cm³/mol. The molecule has 0 fully saturated rings. The number of alkyl halides is 2. The quantitative estimate of drug-likeness (QED) is 0.487. The second-order valence-electron chi connectivity index (χ2n) is 7.72. The van der Waals surface area contributed by atoms with E-state index in [1.165, 1.54) is 18.1 Å². The van der Waals surface area contributed by atoms with E-state index in [0.29, 0.717) is 39.2 Å². The first kappa shape index (κ1) is 20.9. The Morgan fingerprint density at radius 1 is 1.10 bits per heavy atom. The van der Waals surface area contributed by atoms with Gasteiger partial charge in [-0.05, 0) is 19.9 Å². The van der Waals surface area contributed by atoms with Crippen molar-refractivity contribution in [1.29, 1.82) is 0 Å². The molecule has 0 spiro atoms. The molecule has 0 unspecified atom stereocenters. The van der Waals surface area contributed by atoms with Crippen molar-refractivity contribution in [3.05, 3.63) is 60.6 Å². The van der Waals surface area contributed by atoms with Crippen LogP contribution in [0, 0.1) is 0 Å². The molecule has 160 valence electrons. The molecule has 2 heterocycles. The summed E-state index contributed by atoms with van der Waals surface area (Å²) in [5.41, 5.74) is 2.48. The maximum absolute atomic E-state index is 13.1. The number of aromatic nitrogens is 4. The summed E-state index contributed by atoms with van der Waals surface area (Å²) in [7, 11) is 1.53. The fraction of sp³-hybridized carbons (Fsp3) is 0.261. The van der Waals surface area contributed by atoms with E-state index in [9.17, 15) is 13.9 Å². The number of aliphatic hydroxyl groups is 1. The molecule has 1 N–H and O–H groups in total. The van der Waals surface area contributed by atoms with Crippen molar-refractivity contribution in [1.82, 2.24) is 19.7 Å². The van der Waals surface area contributed by atoms with Crippen molar-refractivity contribution in [2.24, 2.45) is 0 Å². The van der Waals surface area contributed by atoms with Gasteiger partial charge >= 0.3 is 0 Å². The van der Waals surface area contributed by atoms with Crippen molar-refractivity contribution in [2.45, 2.75) is 32.4 Å². The Hall–Kier alpha value is -3.39. The molecular weight excluding hydrogens is 402 g/mol. The van der Waals surface area contributed by atoms with E-state index < -0.39 is 18.6 Å². The maximum Gasteiger partial charge on any atom is 0.257 e. The lowest BCUT2D eigenvalue weighted by atomic mass is 9.94. The molecule has 0 saturated heterocycles. The predicted octanol–water partition coefficient (Wildman–Crippen LogP) is 4.66. The fourth-order valence-electron chi connectivity index (χ4n) is 3.58. The minimum atomic E-state index is -2.54. The zero-order valence-corrected chi connectivity index (χ0v) is 17.4. The van der Waals surface area contributed by atoms with Crippen LogP contribution in [-0.2, 0) is 12.1 Å². The zero-order chi connectivity index (χ0) is 22.2. The average Bonchev–Trinajstić information content (AvgIpc) is 3.15. The summed E-state index contributed by atoms with van der Waals surface area (Å²) in [4.78, 5) is 8.80. The smallest absolute Gasteiger partial charge is 0.257 e. The summed E-state index contributed by atoms with van der Waals surface area (Å²) in [5.74, 6) is 0.501. The number of hydrogen-bond acceptors (Lipinski definition) is 5. The van der Waals surface area contributed by atoms with Crippen LogP contribution in [0.1, 0.15) is 19.4 Å². The van der Waals surface area contributed by atoms with Gasteiger partial charge in [-0.3, -0.25) is 4.68 Å². The summed E-state index contributed by atoms with van der Waals surface area (Å²) < 4.78 is 32.8. The van der Waals surface area contributed by atoms with Crippen LogP contribution in [0.2, 0.25) is 0 Å². The Kier molecular flexibility index (Phi) is 5.41. The van der Waals surface area contributed by atoms with Gasteiger partial charge in [0.1, 0.15) is 24.3 Å². The van der Waals surface area contributed by atoms with E-state index in [4.69, 9.17) is 4.74 Å². The van der Waals surface area contributed by atoms with Crippen molar-refractivity contribution >= 4 is 10.9 Å². The Balaban J connectivity index is 1.99. The minimum Gasteiger partial charge on any atom is -0.496 e. The van der Waals surface area contributed by atoms with Crippen LogP contribution in [0.3, 0.4) is 0 Å². The van der Waals surface area contributed by atoms with Gasteiger partial charge in [-0.1, -0.05) is 30.3 Å². The van der Waals surface area contributed by atoms with E-state index in [2.05, 4.69) is 15.1 Å². The first-order valence-electron chi connectivity index (χ1n) is 9.75. The second-order valence-corrected chi connectivity index (χ2v) is 7.72. The monoisotopic (exact) mass is 424 g/mol. The molecular formula is C23H22F2N4O2. The largest absolute Gasteiger partial charge is 0.496 e. The van der Waals surface area contributed by atoms with Crippen molar-refractivity contribution < 1.29 is 18.6 Å². The van der Waals surface area contributed by atoms with Crippen molar-refractivity contribution in [3.63, 3.8) is 0 Å². The molecule has 4 rings (SSSR count). The number of benzene rings is 2. The molecule has 0 aliphatic carbocycles. The van der Waals surface area contributed by atoms with Gasteiger partial charge in [0.25, 0.3) is 6.43 Å². The van der Waals surface area contributed by atoms with Gasteiger partial charge < -0.3 is 9.84 Å². The molecule has 0 amide bonds. The highest BCUT2D eigenvalue weighted by Gasteiger charge is 2.24. The molecule has 8 heteroatoms. The van der Waals surface area contributed by atoms with Gasteiger partial charge in [0.05, 0.1) is 23.9 Å². The molecule has 0 radical (unpaired) electrons. The Labute approximate surface area is 178 Å². The van der Waals surface area contributed by atoms with Crippen LogP contribution in [0.15, 0.2) is 55.0 Å². The van der Waals surface area contributed by atoms with E-state index >= 15 is 0 Å². The molecule has 6 nitrogen and oxygen atoms in total. The lowest BCUT2D eigenvalue weighted by Crippen LogP contribution is -2.17. The van der Waals surface area contributed by atoms with E-state index in [1.54, 1.807) is 32.2 Å². The highest BCUT2D eigenvalue weighted by molar-refractivity contribution is 5.97. The van der Waals surface area contributed by atoms with Crippen LogP contribution < -0.4 is 4.74 Å². The molecule has 0 atom stereocenters. The topological polar surface area (TPSA) is 73.1 Å². The SMILES string of the molecule is COc1cc2ncnc(-c3cn(CC(F)F)nc3-c3ccccc3)c2cc1C(C)(C)O. The van der Waals surface area contributed by atoms with E-state index in [0.717, 1.165) is 5.56 Å². The van der Waals surface area contributed by atoms with Crippen molar-refractivity contribution in [3.8, 4) is 28.3 Å². The molecule has 2 aromatic carbocycles. The summed E-state index contributed by atoms with van der Waals surface area (Å²) in [5, 5.41) is 15.7. The van der Waals surface area contributed by atoms with Gasteiger partial charge in [-0.15, -0.1) is 0 Å². The standard InChI is InChI=1S/C23H22F2N4O2/c1-23(2,30)17-9-15-18(10-19(17)31-3)26-13-27-22(15)16-11-29(12-20(24)25)28-21(16)14-7-5-4-6-8-14/h4-11,13,20,30H,12H2,1-3H3. The third-order valence-electron chi connectivity index (χ3n) is 5.00. The number of methoxy groups -OCH3 is 1. The fourth-order valence-corrected chi connectivity index (χ4v) is 3.58. The molecule has 0 bridgehead atoms. The van der Waals surface area contributed by atoms with Gasteiger partial charge in [0, 0.05) is 34.3 Å². The van der Waals surface area contributed by atoms with Gasteiger partial charge in [-0.2, -0.15) is 5.10 Å². The van der Waals surface area contributed by atoms with Gasteiger partial charge in [-0.25, -0.2) is 18.7 Å². The first-order chi connectivity index (χ1) is 14.8. The summed E-state index contributed by atoms with van der Waals surface area (Å²) in [6, 6.07) is 12.9. The number of hydrogen-bond donors (Lipinski definition) is 1. The molecule has 4 aromatic rings. The molecule has 2 aromatic heterocycles. The first-order valence-corrected chi connectivity index (χ1v) is 9.75. The Morgan fingerprint density at radius 2 is 1.84 bits per heavy atom. The Morgan fingerprint density at radius 3 is 2.48 bits per heavy atom. The average molecular weight is 424 g/mol. The van der Waals surface area contributed by atoms with Crippen LogP contribution in [0.4, 0.5) is 8.78 Å². The normalized spacial score (nSPS) is 12.0. The van der Waals surface area contributed by atoms with E-state index in [-0.39, 0.29) is 0 Å². The zero-order valence-electron chi connectivity index (χ0n) is 17.4. The third-order valence-corrected chi connectivity index (χ3v) is 5.00. The third kappa shape index (κ3) is 4.11. The molecule has 31 heavy (non-hydrogen) atoms.